The number of carbonyl (C=O) groups excluding carboxylic acids is 1. The minimum absolute atomic E-state index is 0.188. The summed E-state index contributed by atoms with van der Waals surface area (Å²) in [4.78, 5) is 16.9. The van der Waals surface area contributed by atoms with Crippen LogP contribution in [0.2, 0.25) is 0 Å². The molecule has 0 radical (unpaired) electrons. The van der Waals surface area contributed by atoms with Crippen LogP contribution in [0.1, 0.15) is 15.4 Å². The summed E-state index contributed by atoms with van der Waals surface area (Å²) in [6.45, 7) is 1.81. The van der Waals surface area contributed by atoms with Crippen LogP contribution in [0.15, 0.2) is 42.0 Å². The van der Waals surface area contributed by atoms with E-state index in [1.807, 2.05) is 19.1 Å². The van der Waals surface area contributed by atoms with Gasteiger partial charge in [-0.3, -0.25) is 4.79 Å². The number of anilines is 2. The Hall–Kier alpha value is -2.67. The number of hydrogen-bond donors (Lipinski definition) is 2. The van der Waals surface area contributed by atoms with Crippen molar-refractivity contribution in [3.05, 3.63) is 52.6 Å². The number of nitrogens with zero attached hydrogens (tertiary/aromatic N) is 3. The molecule has 2 aromatic heterocycles. The van der Waals surface area contributed by atoms with Crippen molar-refractivity contribution in [1.29, 1.82) is 0 Å². The number of amides is 1. The molecule has 0 saturated heterocycles. The molecular weight excluding hydrogens is 286 g/mol. The molecule has 21 heavy (non-hydrogen) atoms. The van der Waals surface area contributed by atoms with E-state index in [0.717, 1.165) is 11.4 Å². The Labute approximate surface area is 125 Å². The summed E-state index contributed by atoms with van der Waals surface area (Å²) in [7, 11) is 0. The van der Waals surface area contributed by atoms with Gasteiger partial charge in [0, 0.05) is 11.8 Å². The monoisotopic (exact) mass is 299 g/mol. The predicted molar refractivity (Wildman–Crippen MR) is 82.8 cm³/mol. The summed E-state index contributed by atoms with van der Waals surface area (Å²) < 4.78 is 1.65. The van der Waals surface area contributed by atoms with Crippen molar-refractivity contribution in [3.63, 3.8) is 0 Å². The minimum atomic E-state index is -0.188. The third-order valence-corrected chi connectivity index (χ3v) is 3.90. The first kappa shape index (κ1) is 13.3. The van der Waals surface area contributed by atoms with Crippen LogP contribution in [0.5, 0.6) is 0 Å². The van der Waals surface area contributed by atoms with Crippen molar-refractivity contribution < 1.29 is 4.79 Å². The molecule has 0 saturated carbocycles. The average molecular weight is 299 g/mol. The maximum absolute atomic E-state index is 12.2. The topological polar surface area (TPSA) is 85.8 Å². The highest BCUT2D eigenvalue weighted by Crippen LogP contribution is 2.19. The van der Waals surface area contributed by atoms with Gasteiger partial charge in [0.2, 0.25) is 0 Å². The maximum Gasteiger partial charge on any atom is 0.268 e. The maximum atomic E-state index is 12.2. The Morgan fingerprint density at radius 3 is 2.71 bits per heavy atom. The lowest BCUT2D eigenvalue weighted by Gasteiger charge is -2.08. The Morgan fingerprint density at radius 1 is 1.29 bits per heavy atom. The van der Waals surface area contributed by atoms with Crippen LogP contribution in [0.4, 0.5) is 11.5 Å². The fraction of sp³-hybridized carbons (Fsp3) is 0.0714. The Balaban J connectivity index is 1.88. The fourth-order valence-electron chi connectivity index (χ4n) is 1.91. The van der Waals surface area contributed by atoms with Gasteiger partial charge in [-0.2, -0.15) is 5.10 Å². The van der Waals surface area contributed by atoms with E-state index < -0.39 is 0 Å². The fourth-order valence-corrected chi connectivity index (χ4v) is 2.61. The molecule has 0 aliphatic heterocycles. The third kappa shape index (κ3) is 2.63. The Bertz CT molecular complexity index is 775. The molecule has 1 aromatic carbocycles. The van der Waals surface area contributed by atoms with Gasteiger partial charge < -0.3 is 11.1 Å². The zero-order valence-electron chi connectivity index (χ0n) is 11.3. The van der Waals surface area contributed by atoms with Crippen molar-refractivity contribution >= 4 is 28.7 Å². The van der Waals surface area contributed by atoms with E-state index >= 15 is 0 Å². The lowest BCUT2D eigenvalue weighted by atomic mass is 10.3. The number of benzene rings is 1. The molecule has 0 atom stereocenters. The van der Waals surface area contributed by atoms with E-state index in [2.05, 4.69) is 15.4 Å². The number of aromatic nitrogens is 3. The van der Waals surface area contributed by atoms with Gasteiger partial charge in [0.25, 0.3) is 5.91 Å². The molecule has 106 valence electrons. The van der Waals surface area contributed by atoms with Gasteiger partial charge in [-0.05, 0) is 31.2 Å². The summed E-state index contributed by atoms with van der Waals surface area (Å²) in [6, 6.07) is 9.00. The highest BCUT2D eigenvalue weighted by molar-refractivity contribution is 7.12. The van der Waals surface area contributed by atoms with Gasteiger partial charge in [0.15, 0.2) is 0 Å². The molecule has 0 unspecified atom stereocenters. The summed E-state index contributed by atoms with van der Waals surface area (Å²) in [5.41, 5.74) is 9.55. The van der Waals surface area contributed by atoms with Gasteiger partial charge in [-0.15, -0.1) is 11.3 Å². The van der Waals surface area contributed by atoms with Crippen molar-refractivity contribution in [3.8, 4) is 5.69 Å². The lowest BCUT2D eigenvalue weighted by molar-refractivity contribution is 0.102. The molecular formula is C14H13N5OS. The molecule has 7 heteroatoms. The van der Waals surface area contributed by atoms with E-state index in [1.54, 1.807) is 34.6 Å². The van der Waals surface area contributed by atoms with Gasteiger partial charge in [-0.1, -0.05) is 0 Å². The molecule has 3 N–H and O–H groups in total. The molecule has 6 nitrogen and oxygen atoms in total. The Kier molecular flexibility index (Phi) is 3.41. The Morgan fingerprint density at radius 2 is 2.05 bits per heavy atom. The van der Waals surface area contributed by atoms with Gasteiger partial charge in [-0.25, -0.2) is 9.67 Å². The van der Waals surface area contributed by atoms with Crippen LogP contribution in [0, 0.1) is 6.92 Å². The number of carbonyl (C=O) groups is 1. The second-order valence-electron chi connectivity index (χ2n) is 4.44. The van der Waals surface area contributed by atoms with Gasteiger partial charge >= 0.3 is 0 Å². The standard InChI is InChI=1S/C14H13N5OS/c1-9-13(21-8-16-9)14(20)18-12-6-7-17-19(12)11-4-2-10(15)3-5-11/h2-8H,15H2,1H3,(H,18,20). The van der Waals surface area contributed by atoms with E-state index in [9.17, 15) is 4.79 Å². The number of nitrogens with two attached hydrogens (primary N) is 1. The number of aryl methyl sites for hydroxylation is 1. The zero-order chi connectivity index (χ0) is 14.8. The molecule has 3 aromatic rings. The normalized spacial score (nSPS) is 10.5. The van der Waals surface area contributed by atoms with E-state index in [0.29, 0.717) is 16.4 Å². The van der Waals surface area contributed by atoms with Gasteiger partial charge in [0.1, 0.15) is 10.7 Å². The first-order valence-corrected chi connectivity index (χ1v) is 7.14. The molecule has 0 spiro atoms. The average Bonchev–Trinajstić information content (AvgIpc) is 3.09. The molecule has 0 bridgehead atoms. The largest absolute Gasteiger partial charge is 0.399 e. The number of rotatable bonds is 3. The second-order valence-corrected chi connectivity index (χ2v) is 5.30. The highest BCUT2D eigenvalue weighted by atomic mass is 32.1. The van der Waals surface area contributed by atoms with Gasteiger partial charge in [0.05, 0.1) is 23.1 Å². The number of thiazole rings is 1. The second kappa shape index (κ2) is 5.37. The third-order valence-electron chi connectivity index (χ3n) is 2.97. The zero-order valence-corrected chi connectivity index (χ0v) is 12.1. The van der Waals surface area contributed by atoms with Crippen LogP contribution in [-0.2, 0) is 0 Å². The highest BCUT2D eigenvalue weighted by Gasteiger charge is 2.14. The predicted octanol–water partition coefficient (Wildman–Crippen LogP) is 2.47. The molecule has 1 amide bonds. The SMILES string of the molecule is Cc1ncsc1C(=O)Nc1ccnn1-c1ccc(N)cc1. The first-order valence-electron chi connectivity index (χ1n) is 6.26. The van der Waals surface area contributed by atoms with Crippen molar-refractivity contribution in [2.24, 2.45) is 0 Å². The smallest absolute Gasteiger partial charge is 0.268 e. The number of nitrogen functional groups attached to an aromatic ring is 1. The van der Waals surface area contributed by atoms with Crippen molar-refractivity contribution in [2.45, 2.75) is 6.92 Å². The van der Waals surface area contributed by atoms with Crippen molar-refractivity contribution in [1.82, 2.24) is 14.8 Å². The van der Waals surface area contributed by atoms with E-state index in [4.69, 9.17) is 5.73 Å². The van der Waals surface area contributed by atoms with Crippen LogP contribution in [0.25, 0.3) is 5.69 Å². The summed E-state index contributed by atoms with van der Waals surface area (Å²) in [6.07, 6.45) is 1.63. The number of nitrogens with one attached hydrogen (secondary N) is 1. The van der Waals surface area contributed by atoms with Crippen LogP contribution >= 0.6 is 11.3 Å². The molecule has 3 rings (SSSR count). The van der Waals surface area contributed by atoms with Crippen LogP contribution in [0.3, 0.4) is 0 Å². The molecule has 2 heterocycles. The van der Waals surface area contributed by atoms with Crippen molar-refractivity contribution in [2.75, 3.05) is 11.1 Å². The summed E-state index contributed by atoms with van der Waals surface area (Å²) in [5.74, 6) is 0.407. The first-order chi connectivity index (χ1) is 10.1. The minimum Gasteiger partial charge on any atom is -0.399 e. The summed E-state index contributed by atoms with van der Waals surface area (Å²) >= 11 is 1.31. The molecule has 0 aliphatic carbocycles. The molecule has 0 fully saturated rings. The van der Waals surface area contributed by atoms with E-state index in [-0.39, 0.29) is 5.91 Å². The van der Waals surface area contributed by atoms with Crippen LogP contribution < -0.4 is 11.1 Å². The molecule has 0 aliphatic rings. The van der Waals surface area contributed by atoms with Crippen LogP contribution in [-0.4, -0.2) is 20.7 Å². The quantitative estimate of drug-likeness (QED) is 0.727. The number of hydrogen-bond acceptors (Lipinski definition) is 5. The lowest BCUT2D eigenvalue weighted by Crippen LogP contribution is -2.15. The summed E-state index contributed by atoms with van der Waals surface area (Å²) in [5, 5.41) is 7.07. The van der Waals surface area contributed by atoms with E-state index in [1.165, 1.54) is 11.3 Å².